The van der Waals surface area contributed by atoms with Crippen LogP contribution in [0.1, 0.15) is 12.8 Å². The standard InChI is InChI=1S/C18H30N4O2.HI/c1-19-18(20-13-15-8-9-22(2)14-15)21-16-6-4-7-17(12-16)24-11-5-10-23-3;/h4,6-7,12,15H,5,8-11,13-14H2,1-3H3,(H2,19,20,21);1H. The molecule has 1 aliphatic heterocycles. The van der Waals surface area contributed by atoms with Crippen molar-refractivity contribution in [2.24, 2.45) is 10.9 Å². The molecule has 0 bridgehead atoms. The molecule has 7 heteroatoms. The number of guanidine groups is 1. The molecule has 1 unspecified atom stereocenters. The summed E-state index contributed by atoms with van der Waals surface area (Å²) in [6, 6.07) is 7.94. The van der Waals surface area contributed by atoms with Crippen molar-refractivity contribution in [3.63, 3.8) is 0 Å². The molecule has 1 atom stereocenters. The molecule has 1 aromatic rings. The van der Waals surface area contributed by atoms with E-state index in [1.54, 1.807) is 14.2 Å². The number of halogens is 1. The van der Waals surface area contributed by atoms with Gasteiger partial charge in [-0.1, -0.05) is 6.07 Å². The zero-order valence-electron chi connectivity index (χ0n) is 15.5. The number of rotatable bonds is 8. The van der Waals surface area contributed by atoms with Crippen LogP contribution in [0, 0.1) is 5.92 Å². The maximum absolute atomic E-state index is 5.73. The highest BCUT2D eigenvalue weighted by atomic mass is 127. The smallest absolute Gasteiger partial charge is 0.195 e. The Bertz CT molecular complexity index is 528. The average Bonchev–Trinajstić information content (AvgIpc) is 3.01. The van der Waals surface area contributed by atoms with Crippen LogP contribution >= 0.6 is 24.0 Å². The van der Waals surface area contributed by atoms with Crippen LogP contribution < -0.4 is 15.4 Å². The molecule has 0 amide bonds. The minimum Gasteiger partial charge on any atom is -0.493 e. The summed E-state index contributed by atoms with van der Waals surface area (Å²) in [5.74, 6) is 2.33. The second-order valence-electron chi connectivity index (χ2n) is 6.22. The van der Waals surface area contributed by atoms with E-state index < -0.39 is 0 Å². The maximum Gasteiger partial charge on any atom is 0.195 e. The van der Waals surface area contributed by atoms with E-state index in [2.05, 4.69) is 27.6 Å². The first kappa shape index (κ1) is 22.0. The van der Waals surface area contributed by atoms with Crippen molar-refractivity contribution >= 4 is 35.6 Å². The molecule has 1 saturated heterocycles. The van der Waals surface area contributed by atoms with Gasteiger partial charge in [0.1, 0.15) is 5.75 Å². The molecule has 0 aliphatic carbocycles. The quantitative estimate of drug-likeness (QED) is 0.269. The molecule has 0 aromatic heterocycles. The van der Waals surface area contributed by atoms with E-state index in [0.717, 1.165) is 36.9 Å². The minimum absolute atomic E-state index is 0. The van der Waals surface area contributed by atoms with Crippen molar-refractivity contribution < 1.29 is 9.47 Å². The molecule has 142 valence electrons. The summed E-state index contributed by atoms with van der Waals surface area (Å²) >= 11 is 0. The Morgan fingerprint density at radius 1 is 1.36 bits per heavy atom. The van der Waals surface area contributed by atoms with Gasteiger partial charge < -0.3 is 25.0 Å². The van der Waals surface area contributed by atoms with Gasteiger partial charge in [0.2, 0.25) is 0 Å². The highest BCUT2D eigenvalue weighted by Gasteiger charge is 2.19. The van der Waals surface area contributed by atoms with Gasteiger partial charge >= 0.3 is 0 Å². The molecule has 1 heterocycles. The second kappa shape index (κ2) is 12.3. The number of nitrogens with one attached hydrogen (secondary N) is 2. The third-order valence-electron chi connectivity index (χ3n) is 4.13. The monoisotopic (exact) mass is 462 g/mol. The molecule has 1 fully saturated rings. The van der Waals surface area contributed by atoms with Crippen molar-refractivity contribution in [2.45, 2.75) is 12.8 Å². The Morgan fingerprint density at radius 3 is 2.88 bits per heavy atom. The van der Waals surface area contributed by atoms with E-state index in [1.165, 1.54) is 13.0 Å². The second-order valence-corrected chi connectivity index (χ2v) is 6.22. The highest BCUT2D eigenvalue weighted by Crippen LogP contribution is 2.18. The Morgan fingerprint density at radius 2 is 2.20 bits per heavy atom. The van der Waals surface area contributed by atoms with Gasteiger partial charge in [-0.15, -0.1) is 24.0 Å². The van der Waals surface area contributed by atoms with Gasteiger partial charge in [-0.2, -0.15) is 0 Å². The third kappa shape index (κ3) is 8.24. The molecule has 1 aliphatic rings. The summed E-state index contributed by atoms with van der Waals surface area (Å²) in [5.41, 5.74) is 0.968. The first-order chi connectivity index (χ1) is 11.7. The predicted octanol–water partition coefficient (Wildman–Crippen LogP) is 2.66. The van der Waals surface area contributed by atoms with Gasteiger partial charge in [0.15, 0.2) is 5.96 Å². The van der Waals surface area contributed by atoms with Gasteiger partial charge in [-0.05, 0) is 38.1 Å². The zero-order valence-corrected chi connectivity index (χ0v) is 17.8. The summed E-state index contributed by atoms with van der Waals surface area (Å²) in [4.78, 5) is 6.67. The van der Waals surface area contributed by atoms with Crippen LogP contribution in [0.4, 0.5) is 5.69 Å². The fraction of sp³-hybridized carbons (Fsp3) is 0.611. The summed E-state index contributed by atoms with van der Waals surface area (Å²) in [7, 11) is 5.67. The SMILES string of the molecule is CN=C(NCC1CCN(C)C1)Nc1cccc(OCCCOC)c1.I. The largest absolute Gasteiger partial charge is 0.493 e. The van der Waals surface area contributed by atoms with Gasteiger partial charge in [0.25, 0.3) is 0 Å². The lowest BCUT2D eigenvalue weighted by Crippen LogP contribution is -2.35. The van der Waals surface area contributed by atoms with Gasteiger partial charge in [-0.25, -0.2) is 0 Å². The van der Waals surface area contributed by atoms with E-state index in [-0.39, 0.29) is 24.0 Å². The van der Waals surface area contributed by atoms with Crippen molar-refractivity contribution in [2.75, 3.05) is 59.4 Å². The van der Waals surface area contributed by atoms with E-state index in [0.29, 0.717) is 19.1 Å². The van der Waals surface area contributed by atoms with E-state index in [4.69, 9.17) is 9.47 Å². The van der Waals surface area contributed by atoms with Crippen LogP contribution in [0.15, 0.2) is 29.3 Å². The lowest BCUT2D eigenvalue weighted by Gasteiger charge is -2.16. The number of aliphatic imine (C=N–C) groups is 1. The summed E-state index contributed by atoms with van der Waals surface area (Å²) in [5, 5.41) is 6.74. The number of likely N-dealkylation sites (tertiary alicyclic amines) is 1. The number of nitrogens with zero attached hydrogens (tertiary/aromatic N) is 2. The number of benzene rings is 1. The first-order valence-corrected chi connectivity index (χ1v) is 8.59. The molecular formula is C18H31IN4O2. The van der Waals surface area contributed by atoms with E-state index in [9.17, 15) is 0 Å². The lowest BCUT2D eigenvalue weighted by atomic mass is 10.1. The maximum atomic E-state index is 5.73. The molecular weight excluding hydrogens is 431 g/mol. The van der Waals surface area contributed by atoms with Crippen LogP contribution in [0.3, 0.4) is 0 Å². The fourth-order valence-electron chi connectivity index (χ4n) is 2.81. The van der Waals surface area contributed by atoms with Gasteiger partial charge in [0.05, 0.1) is 6.61 Å². The number of methoxy groups -OCH3 is 1. The number of hydrogen-bond donors (Lipinski definition) is 2. The van der Waals surface area contributed by atoms with Crippen molar-refractivity contribution in [3.05, 3.63) is 24.3 Å². The van der Waals surface area contributed by atoms with Gasteiger partial charge in [0, 0.05) is 52.0 Å². The average molecular weight is 462 g/mol. The van der Waals surface area contributed by atoms with Crippen LogP contribution in [-0.2, 0) is 4.74 Å². The third-order valence-corrected chi connectivity index (χ3v) is 4.13. The van der Waals surface area contributed by atoms with Crippen molar-refractivity contribution in [3.8, 4) is 5.75 Å². The lowest BCUT2D eigenvalue weighted by molar-refractivity contribution is 0.172. The Kier molecular flexibility index (Phi) is 10.8. The Hall–Kier alpha value is -1.06. The Balaban J connectivity index is 0.00000312. The van der Waals surface area contributed by atoms with Crippen LogP contribution in [0.2, 0.25) is 0 Å². The summed E-state index contributed by atoms with van der Waals surface area (Å²) in [6.45, 7) is 4.64. The van der Waals surface area contributed by atoms with Gasteiger partial charge in [-0.3, -0.25) is 4.99 Å². The summed E-state index contributed by atoms with van der Waals surface area (Å²) < 4.78 is 10.8. The molecule has 2 rings (SSSR count). The van der Waals surface area contributed by atoms with E-state index >= 15 is 0 Å². The Labute approximate surface area is 168 Å². The number of hydrogen-bond acceptors (Lipinski definition) is 4. The normalized spacial score (nSPS) is 17.9. The molecule has 25 heavy (non-hydrogen) atoms. The zero-order chi connectivity index (χ0) is 17.2. The predicted molar refractivity (Wildman–Crippen MR) is 114 cm³/mol. The molecule has 0 radical (unpaired) electrons. The molecule has 6 nitrogen and oxygen atoms in total. The summed E-state index contributed by atoms with van der Waals surface area (Å²) in [6.07, 6.45) is 2.12. The van der Waals surface area contributed by atoms with Crippen LogP contribution in [0.25, 0.3) is 0 Å². The highest BCUT2D eigenvalue weighted by molar-refractivity contribution is 14.0. The molecule has 2 N–H and O–H groups in total. The van der Waals surface area contributed by atoms with Crippen LogP contribution in [-0.4, -0.2) is 64.9 Å². The molecule has 1 aromatic carbocycles. The van der Waals surface area contributed by atoms with Crippen LogP contribution in [0.5, 0.6) is 5.75 Å². The van der Waals surface area contributed by atoms with Crippen molar-refractivity contribution in [1.82, 2.24) is 10.2 Å². The molecule has 0 saturated carbocycles. The fourth-order valence-corrected chi connectivity index (χ4v) is 2.81. The number of anilines is 1. The first-order valence-electron chi connectivity index (χ1n) is 8.59. The minimum atomic E-state index is 0. The molecule has 0 spiro atoms. The number of ether oxygens (including phenoxy) is 2. The van der Waals surface area contributed by atoms with E-state index in [1.807, 2.05) is 24.3 Å². The topological polar surface area (TPSA) is 58.1 Å². The van der Waals surface area contributed by atoms with Crippen molar-refractivity contribution in [1.29, 1.82) is 0 Å².